The molecule has 76 valence electrons. The third-order valence-corrected chi connectivity index (χ3v) is 2.96. The molecule has 3 heterocycles. The van der Waals surface area contributed by atoms with Gasteiger partial charge in [0.1, 0.15) is 0 Å². The molecule has 0 unspecified atom stereocenters. The Morgan fingerprint density at radius 1 is 1.38 bits per heavy atom. The van der Waals surface area contributed by atoms with Gasteiger partial charge in [0, 0.05) is 18.5 Å². The Balaban J connectivity index is 2.26. The van der Waals surface area contributed by atoms with Crippen molar-refractivity contribution in [1.82, 2.24) is 19.6 Å². The summed E-state index contributed by atoms with van der Waals surface area (Å²) in [4.78, 5) is 4.96. The number of rotatable bonds is 1. The minimum Gasteiger partial charge on any atom is -0.282 e. The Kier molecular flexibility index (Phi) is 1.91. The molecule has 0 aliphatic heterocycles. The average molecular weight is 227 g/mol. The fourth-order valence-electron chi connectivity index (χ4n) is 1.45. The fraction of sp³-hybridized carbons (Fsp3) is 0. The molecule has 0 aromatic carbocycles. The quantitative estimate of drug-likeness (QED) is 0.635. The fourth-order valence-corrected chi connectivity index (χ4v) is 2.06. The zero-order valence-electron chi connectivity index (χ0n) is 8.03. The number of hydrogen-bond acceptors (Lipinski definition) is 5. The number of aromatic nitrogens is 4. The van der Waals surface area contributed by atoms with E-state index >= 15 is 0 Å². The maximum absolute atomic E-state index is 8.77. The molecular formula is C10H5N5S. The smallest absolute Gasteiger partial charge is 0.180 e. The molecule has 0 spiro atoms. The zero-order chi connectivity index (χ0) is 11.0. The largest absolute Gasteiger partial charge is 0.282 e. The lowest BCUT2D eigenvalue weighted by atomic mass is 10.3. The van der Waals surface area contributed by atoms with E-state index in [4.69, 9.17) is 5.26 Å². The lowest BCUT2D eigenvalue weighted by molar-refractivity contribution is 1.12. The van der Waals surface area contributed by atoms with Crippen molar-refractivity contribution in [2.24, 2.45) is 0 Å². The highest BCUT2D eigenvalue weighted by Crippen LogP contribution is 2.21. The molecule has 0 atom stereocenters. The van der Waals surface area contributed by atoms with Gasteiger partial charge < -0.3 is 0 Å². The second kappa shape index (κ2) is 3.40. The second-order valence-corrected chi connectivity index (χ2v) is 4.03. The normalized spacial score (nSPS) is 10.4. The summed E-state index contributed by atoms with van der Waals surface area (Å²) in [5, 5.41) is 16.9. The third kappa shape index (κ3) is 1.26. The number of nitrogens with zero attached hydrogens (tertiary/aromatic N) is 5. The average Bonchev–Trinajstić information content (AvgIpc) is 2.96. The molecule has 0 fully saturated rings. The van der Waals surface area contributed by atoms with Crippen molar-refractivity contribution in [3.8, 4) is 16.8 Å². The van der Waals surface area contributed by atoms with Crippen LogP contribution < -0.4 is 0 Å². The Bertz CT molecular complexity index is 677. The molecule has 0 aliphatic rings. The first kappa shape index (κ1) is 9.00. The van der Waals surface area contributed by atoms with E-state index in [1.54, 1.807) is 30.0 Å². The number of hydrogen-bond donors (Lipinski definition) is 0. The molecule has 3 rings (SSSR count). The van der Waals surface area contributed by atoms with Gasteiger partial charge in [-0.3, -0.25) is 9.38 Å². The first-order chi connectivity index (χ1) is 7.88. The maximum Gasteiger partial charge on any atom is 0.180 e. The van der Waals surface area contributed by atoms with Crippen LogP contribution in [0.5, 0.6) is 0 Å². The Morgan fingerprint density at radius 3 is 3.06 bits per heavy atom. The van der Waals surface area contributed by atoms with Crippen molar-refractivity contribution in [3.63, 3.8) is 0 Å². The molecule has 5 nitrogen and oxygen atoms in total. The van der Waals surface area contributed by atoms with E-state index < -0.39 is 0 Å². The van der Waals surface area contributed by atoms with Crippen LogP contribution in [0, 0.1) is 11.3 Å². The van der Waals surface area contributed by atoms with Gasteiger partial charge in [-0.25, -0.2) is 0 Å². The van der Waals surface area contributed by atoms with E-state index in [0.29, 0.717) is 11.2 Å². The van der Waals surface area contributed by atoms with E-state index in [2.05, 4.69) is 21.3 Å². The standard InChI is InChI=1S/C10H5N5S/c11-4-7-1-2-15-9(3-7)13-14-10(15)8-5-12-6-16-8/h1-3,5-6H. The Morgan fingerprint density at radius 2 is 2.31 bits per heavy atom. The predicted octanol–water partition coefficient (Wildman–Crippen LogP) is 1.72. The van der Waals surface area contributed by atoms with Crippen LogP contribution in [-0.2, 0) is 0 Å². The Labute approximate surface area is 94.6 Å². The first-order valence-corrected chi connectivity index (χ1v) is 5.40. The molecule has 0 radical (unpaired) electrons. The number of nitriles is 1. The van der Waals surface area contributed by atoms with Gasteiger partial charge in [0.25, 0.3) is 0 Å². The summed E-state index contributed by atoms with van der Waals surface area (Å²) in [6, 6.07) is 5.52. The summed E-state index contributed by atoms with van der Waals surface area (Å²) in [6.45, 7) is 0. The highest BCUT2D eigenvalue weighted by atomic mass is 32.1. The summed E-state index contributed by atoms with van der Waals surface area (Å²) in [6.07, 6.45) is 3.54. The number of fused-ring (bicyclic) bond motifs is 1. The molecule has 0 N–H and O–H groups in total. The van der Waals surface area contributed by atoms with Crippen LogP contribution in [0.25, 0.3) is 16.3 Å². The van der Waals surface area contributed by atoms with E-state index in [1.165, 1.54) is 11.3 Å². The molecular weight excluding hydrogens is 222 g/mol. The molecule has 3 aromatic rings. The lowest BCUT2D eigenvalue weighted by Crippen LogP contribution is -1.87. The van der Waals surface area contributed by atoms with E-state index in [1.807, 2.05) is 4.40 Å². The van der Waals surface area contributed by atoms with Crippen molar-refractivity contribution >= 4 is 17.0 Å². The molecule has 0 saturated heterocycles. The molecule has 0 aliphatic carbocycles. The van der Waals surface area contributed by atoms with Crippen LogP contribution in [0.2, 0.25) is 0 Å². The van der Waals surface area contributed by atoms with Gasteiger partial charge in [-0.2, -0.15) is 5.26 Å². The van der Waals surface area contributed by atoms with E-state index in [0.717, 1.165) is 10.7 Å². The van der Waals surface area contributed by atoms with Crippen LogP contribution in [-0.4, -0.2) is 19.6 Å². The van der Waals surface area contributed by atoms with Crippen molar-refractivity contribution < 1.29 is 0 Å². The first-order valence-electron chi connectivity index (χ1n) is 4.52. The molecule has 0 bridgehead atoms. The highest BCUT2D eigenvalue weighted by molar-refractivity contribution is 7.13. The molecule has 16 heavy (non-hydrogen) atoms. The minimum atomic E-state index is 0.579. The topological polar surface area (TPSA) is 66.9 Å². The highest BCUT2D eigenvalue weighted by Gasteiger charge is 2.09. The van der Waals surface area contributed by atoms with Gasteiger partial charge in [-0.05, 0) is 6.07 Å². The van der Waals surface area contributed by atoms with Crippen molar-refractivity contribution in [1.29, 1.82) is 5.26 Å². The van der Waals surface area contributed by atoms with Crippen LogP contribution in [0.1, 0.15) is 5.56 Å². The van der Waals surface area contributed by atoms with Crippen LogP contribution in [0.4, 0.5) is 0 Å². The Hall–Kier alpha value is -2.26. The number of pyridine rings is 1. The van der Waals surface area contributed by atoms with Crippen LogP contribution in [0.15, 0.2) is 30.0 Å². The summed E-state index contributed by atoms with van der Waals surface area (Å²) >= 11 is 1.51. The molecule has 6 heteroatoms. The van der Waals surface area contributed by atoms with Crippen molar-refractivity contribution in [3.05, 3.63) is 35.6 Å². The van der Waals surface area contributed by atoms with Gasteiger partial charge >= 0.3 is 0 Å². The van der Waals surface area contributed by atoms with Gasteiger partial charge in [-0.15, -0.1) is 21.5 Å². The van der Waals surface area contributed by atoms with Crippen LogP contribution in [0.3, 0.4) is 0 Å². The SMILES string of the molecule is N#Cc1ccn2c(-c3cncs3)nnc2c1. The molecule has 0 saturated carbocycles. The van der Waals surface area contributed by atoms with Gasteiger partial charge in [-0.1, -0.05) is 0 Å². The van der Waals surface area contributed by atoms with Gasteiger partial charge in [0.15, 0.2) is 11.5 Å². The third-order valence-electron chi connectivity index (χ3n) is 2.19. The monoisotopic (exact) mass is 227 g/mol. The summed E-state index contributed by atoms with van der Waals surface area (Å²) in [5.41, 5.74) is 3.00. The van der Waals surface area contributed by atoms with Gasteiger partial charge in [0.05, 0.1) is 22.0 Å². The van der Waals surface area contributed by atoms with E-state index in [-0.39, 0.29) is 0 Å². The molecule has 3 aromatic heterocycles. The predicted molar refractivity (Wildman–Crippen MR) is 58.8 cm³/mol. The minimum absolute atomic E-state index is 0.579. The number of thiazole rings is 1. The van der Waals surface area contributed by atoms with Crippen LogP contribution >= 0.6 is 11.3 Å². The van der Waals surface area contributed by atoms with E-state index in [9.17, 15) is 0 Å². The van der Waals surface area contributed by atoms with Crippen molar-refractivity contribution in [2.75, 3.05) is 0 Å². The maximum atomic E-state index is 8.77. The van der Waals surface area contributed by atoms with Gasteiger partial charge in [0.2, 0.25) is 0 Å². The van der Waals surface area contributed by atoms with Crippen molar-refractivity contribution in [2.45, 2.75) is 0 Å². The summed E-state index contributed by atoms with van der Waals surface area (Å²) in [5.74, 6) is 0.752. The summed E-state index contributed by atoms with van der Waals surface area (Å²) in [7, 11) is 0. The zero-order valence-corrected chi connectivity index (χ0v) is 8.85. The second-order valence-electron chi connectivity index (χ2n) is 3.14. The summed E-state index contributed by atoms with van der Waals surface area (Å²) < 4.78 is 1.84. The molecule has 0 amide bonds. The lowest BCUT2D eigenvalue weighted by Gasteiger charge is -1.95.